The van der Waals surface area contributed by atoms with Crippen LogP contribution in [0.5, 0.6) is 11.5 Å². The van der Waals surface area contributed by atoms with Crippen LogP contribution in [0.25, 0.3) is 0 Å². The van der Waals surface area contributed by atoms with Crippen molar-refractivity contribution in [3.05, 3.63) is 59.7 Å². The fourth-order valence-electron chi connectivity index (χ4n) is 2.40. The molecule has 0 aromatic heterocycles. The Morgan fingerprint density at radius 1 is 0.962 bits per heavy atom. The van der Waals surface area contributed by atoms with Gasteiger partial charge in [0.05, 0.1) is 0 Å². The van der Waals surface area contributed by atoms with Gasteiger partial charge in [0.1, 0.15) is 11.5 Å². The zero-order valence-electron chi connectivity index (χ0n) is 15.2. The number of para-hydroxylation sites is 2. The number of hydrogen-bond donors (Lipinski definition) is 2. The number of amides is 2. The summed E-state index contributed by atoms with van der Waals surface area (Å²) in [5.41, 5.74) is 6.62. The van der Waals surface area contributed by atoms with E-state index in [1.807, 2.05) is 57.2 Å². The Balaban J connectivity index is 1.81. The summed E-state index contributed by atoms with van der Waals surface area (Å²) in [6, 6.07) is 14.8. The minimum atomic E-state index is -0.697. The zero-order valence-corrected chi connectivity index (χ0v) is 15.2. The average Bonchev–Trinajstić information content (AvgIpc) is 2.64. The predicted octanol–water partition coefficient (Wildman–Crippen LogP) is 2.69. The van der Waals surface area contributed by atoms with E-state index in [0.717, 1.165) is 11.1 Å². The van der Waals surface area contributed by atoms with E-state index in [2.05, 4.69) is 10.9 Å². The second-order valence-electron chi connectivity index (χ2n) is 5.87. The molecule has 0 radical (unpaired) electrons. The molecular weight excluding hydrogens is 332 g/mol. The van der Waals surface area contributed by atoms with Gasteiger partial charge in [-0.15, -0.1) is 0 Å². The van der Waals surface area contributed by atoms with Crippen LogP contribution in [0.2, 0.25) is 0 Å². The highest BCUT2D eigenvalue weighted by atomic mass is 16.5. The average molecular weight is 356 g/mol. The van der Waals surface area contributed by atoms with E-state index in [9.17, 15) is 9.59 Å². The van der Waals surface area contributed by atoms with Crippen LogP contribution in [0.1, 0.15) is 24.5 Å². The lowest BCUT2D eigenvalue weighted by Crippen LogP contribution is -2.49. The molecule has 2 N–H and O–H groups in total. The number of ether oxygens (including phenoxy) is 2. The Hall–Kier alpha value is -3.02. The number of rotatable bonds is 7. The maximum Gasteiger partial charge on any atom is 0.279 e. The second kappa shape index (κ2) is 9.46. The molecule has 1 unspecified atom stereocenters. The Bertz CT molecular complexity index is 726. The van der Waals surface area contributed by atoms with E-state index in [-0.39, 0.29) is 6.61 Å². The SMILES string of the molecule is CCC(Oc1ccccc1)C(=O)NNC(=O)COc1c(C)cccc1C. The third kappa shape index (κ3) is 5.51. The molecule has 2 aromatic carbocycles. The van der Waals surface area contributed by atoms with Crippen molar-refractivity contribution < 1.29 is 19.1 Å². The summed E-state index contributed by atoms with van der Waals surface area (Å²) >= 11 is 0. The Morgan fingerprint density at radius 2 is 1.62 bits per heavy atom. The van der Waals surface area contributed by atoms with E-state index in [1.165, 1.54) is 0 Å². The standard InChI is InChI=1S/C20H24N2O4/c1-4-17(26-16-11-6-5-7-12-16)20(24)22-21-18(23)13-25-19-14(2)9-8-10-15(19)3/h5-12,17H,4,13H2,1-3H3,(H,21,23)(H,22,24). The van der Waals surface area contributed by atoms with Crippen LogP contribution in [0.3, 0.4) is 0 Å². The fraction of sp³-hybridized carbons (Fsp3) is 0.300. The lowest BCUT2D eigenvalue weighted by Gasteiger charge is -2.17. The van der Waals surface area contributed by atoms with Crippen LogP contribution >= 0.6 is 0 Å². The summed E-state index contributed by atoms with van der Waals surface area (Å²) < 4.78 is 11.2. The number of nitrogens with one attached hydrogen (secondary N) is 2. The van der Waals surface area contributed by atoms with Crippen molar-refractivity contribution in [2.24, 2.45) is 0 Å². The van der Waals surface area contributed by atoms with Gasteiger partial charge >= 0.3 is 0 Å². The molecule has 6 heteroatoms. The van der Waals surface area contributed by atoms with Gasteiger partial charge in [-0.25, -0.2) is 0 Å². The summed E-state index contributed by atoms with van der Waals surface area (Å²) in [5, 5.41) is 0. The van der Waals surface area contributed by atoms with Gasteiger partial charge in [-0.1, -0.05) is 43.3 Å². The number of carbonyl (C=O) groups is 2. The van der Waals surface area contributed by atoms with E-state index in [1.54, 1.807) is 12.1 Å². The molecule has 0 heterocycles. The van der Waals surface area contributed by atoms with E-state index in [4.69, 9.17) is 9.47 Å². The fourth-order valence-corrected chi connectivity index (χ4v) is 2.40. The van der Waals surface area contributed by atoms with Crippen molar-refractivity contribution in [1.82, 2.24) is 10.9 Å². The maximum absolute atomic E-state index is 12.2. The first-order chi connectivity index (χ1) is 12.5. The molecule has 0 aliphatic carbocycles. The first-order valence-corrected chi connectivity index (χ1v) is 8.50. The molecule has 0 saturated heterocycles. The topological polar surface area (TPSA) is 76.7 Å². The molecular formula is C20H24N2O4. The highest BCUT2D eigenvalue weighted by Gasteiger charge is 2.19. The monoisotopic (exact) mass is 356 g/mol. The van der Waals surface area contributed by atoms with Gasteiger partial charge in [0.25, 0.3) is 11.8 Å². The van der Waals surface area contributed by atoms with Crippen LogP contribution in [-0.2, 0) is 9.59 Å². The van der Waals surface area contributed by atoms with E-state index in [0.29, 0.717) is 17.9 Å². The molecule has 1 atom stereocenters. The van der Waals surface area contributed by atoms with Crippen molar-refractivity contribution in [2.45, 2.75) is 33.3 Å². The molecule has 0 bridgehead atoms. The predicted molar refractivity (Wildman–Crippen MR) is 98.8 cm³/mol. The van der Waals surface area contributed by atoms with Gasteiger partial charge in [0.2, 0.25) is 0 Å². The summed E-state index contributed by atoms with van der Waals surface area (Å²) in [6.07, 6.45) is -0.229. The first kappa shape index (κ1) is 19.3. The zero-order chi connectivity index (χ0) is 18.9. The van der Waals surface area contributed by atoms with Crippen molar-refractivity contribution in [3.63, 3.8) is 0 Å². The highest BCUT2D eigenvalue weighted by molar-refractivity contribution is 5.85. The lowest BCUT2D eigenvalue weighted by molar-refractivity contribution is -0.134. The van der Waals surface area contributed by atoms with Gasteiger partial charge in [0, 0.05) is 0 Å². The Kier molecular flexibility index (Phi) is 7.02. The second-order valence-corrected chi connectivity index (χ2v) is 5.87. The minimum Gasteiger partial charge on any atom is -0.483 e. The molecule has 0 fully saturated rings. The lowest BCUT2D eigenvalue weighted by atomic mass is 10.1. The quantitative estimate of drug-likeness (QED) is 0.748. The van der Waals surface area contributed by atoms with Crippen LogP contribution in [-0.4, -0.2) is 24.5 Å². The summed E-state index contributed by atoms with van der Waals surface area (Å²) in [6.45, 7) is 5.46. The summed E-state index contributed by atoms with van der Waals surface area (Å²) in [4.78, 5) is 24.1. The molecule has 0 aliphatic heterocycles. The molecule has 0 saturated carbocycles. The molecule has 6 nitrogen and oxygen atoms in total. The molecule has 2 amide bonds. The number of hydrazine groups is 1. The number of hydrogen-bond acceptors (Lipinski definition) is 4. The molecule has 138 valence electrons. The Labute approximate surface area is 153 Å². The van der Waals surface area contributed by atoms with Crippen molar-refractivity contribution in [3.8, 4) is 11.5 Å². The third-order valence-corrected chi connectivity index (χ3v) is 3.77. The van der Waals surface area contributed by atoms with Crippen molar-refractivity contribution in [2.75, 3.05) is 6.61 Å². The molecule has 2 rings (SSSR count). The van der Waals surface area contributed by atoms with Crippen LogP contribution in [0, 0.1) is 13.8 Å². The third-order valence-electron chi connectivity index (χ3n) is 3.77. The smallest absolute Gasteiger partial charge is 0.279 e. The minimum absolute atomic E-state index is 0.192. The van der Waals surface area contributed by atoms with Gasteiger partial charge in [0.15, 0.2) is 12.7 Å². The van der Waals surface area contributed by atoms with Crippen LogP contribution in [0.15, 0.2) is 48.5 Å². The summed E-state index contributed by atoms with van der Waals surface area (Å²) in [5.74, 6) is 0.402. The van der Waals surface area contributed by atoms with Crippen LogP contribution in [0.4, 0.5) is 0 Å². The molecule has 0 spiro atoms. The van der Waals surface area contributed by atoms with Crippen molar-refractivity contribution >= 4 is 11.8 Å². The number of aryl methyl sites for hydroxylation is 2. The van der Waals surface area contributed by atoms with Crippen LogP contribution < -0.4 is 20.3 Å². The van der Waals surface area contributed by atoms with Gasteiger partial charge in [-0.05, 0) is 43.5 Å². The molecule has 2 aromatic rings. The largest absolute Gasteiger partial charge is 0.483 e. The van der Waals surface area contributed by atoms with Crippen molar-refractivity contribution in [1.29, 1.82) is 0 Å². The Morgan fingerprint density at radius 3 is 2.23 bits per heavy atom. The van der Waals surface area contributed by atoms with Gasteiger partial charge < -0.3 is 9.47 Å². The summed E-state index contributed by atoms with van der Waals surface area (Å²) in [7, 11) is 0. The number of carbonyl (C=O) groups excluding carboxylic acids is 2. The number of benzene rings is 2. The normalized spacial score (nSPS) is 11.3. The van der Waals surface area contributed by atoms with E-state index >= 15 is 0 Å². The maximum atomic E-state index is 12.2. The molecule has 26 heavy (non-hydrogen) atoms. The highest BCUT2D eigenvalue weighted by Crippen LogP contribution is 2.21. The van der Waals surface area contributed by atoms with Gasteiger partial charge in [-0.2, -0.15) is 0 Å². The molecule has 0 aliphatic rings. The first-order valence-electron chi connectivity index (χ1n) is 8.50. The van der Waals surface area contributed by atoms with E-state index < -0.39 is 17.9 Å². The van der Waals surface area contributed by atoms with Gasteiger partial charge in [-0.3, -0.25) is 20.4 Å².